The predicted octanol–water partition coefficient (Wildman–Crippen LogP) is 4.98. The molecule has 35 heavy (non-hydrogen) atoms. The van der Waals surface area contributed by atoms with E-state index in [0.717, 1.165) is 28.5 Å². The highest BCUT2D eigenvalue weighted by atomic mass is 32.2. The Hall–Kier alpha value is -3.29. The number of rotatable bonds is 6. The van der Waals surface area contributed by atoms with Gasteiger partial charge in [-0.25, -0.2) is 8.42 Å². The summed E-state index contributed by atoms with van der Waals surface area (Å²) in [6.45, 7) is 7.78. The smallest absolute Gasteiger partial charge is 0.255 e. The molecule has 1 aliphatic heterocycles. The number of aryl methyl sites for hydroxylation is 1. The molecule has 0 aliphatic carbocycles. The molecule has 6 nitrogen and oxygen atoms in total. The van der Waals surface area contributed by atoms with Crippen LogP contribution in [0.4, 0.5) is 5.69 Å². The van der Waals surface area contributed by atoms with Crippen molar-refractivity contribution in [3.63, 3.8) is 0 Å². The highest BCUT2D eigenvalue weighted by Crippen LogP contribution is 2.25. The molecule has 1 fully saturated rings. The first-order chi connectivity index (χ1) is 16.8. The van der Waals surface area contributed by atoms with Crippen LogP contribution in [0.25, 0.3) is 11.1 Å². The summed E-state index contributed by atoms with van der Waals surface area (Å²) in [5.74, 6) is 0.221. The van der Waals surface area contributed by atoms with Gasteiger partial charge in [-0.1, -0.05) is 50.2 Å². The number of anilines is 1. The monoisotopic (exact) mass is 492 g/mol. The number of benzene rings is 3. The molecule has 1 N–H and O–H groups in total. The van der Waals surface area contributed by atoms with E-state index in [2.05, 4.69) is 10.2 Å². The fourth-order valence-electron chi connectivity index (χ4n) is 3.89. The normalized spacial score (nSPS) is 14.9. The van der Waals surface area contributed by atoms with Crippen molar-refractivity contribution in [1.29, 1.82) is 0 Å². The van der Waals surface area contributed by atoms with E-state index in [1.807, 2.05) is 69.3 Å². The van der Waals surface area contributed by atoms with Crippen LogP contribution in [0, 0.1) is 6.92 Å². The zero-order valence-electron chi connectivity index (χ0n) is 20.5. The van der Waals surface area contributed by atoms with E-state index in [4.69, 9.17) is 0 Å². The van der Waals surface area contributed by atoms with E-state index < -0.39 is 9.84 Å². The van der Waals surface area contributed by atoms with Crippen molar-refractivity contribution < 1.29 is 18.0 Å². The summed E-state index contributed by atoms with van der Waals surface area (Å²) in [4.78, 5) is 25.9. The third kappa shape index (κ3) is 7.10. The minimum absolute atomic E-state index is 0.200. The van der Waals surface area contributed by atoms with Gasteiger partial charge in [0.15, 0.2) is 9.84 Å². The first kappa shape index (κ1) is 26.3. The lowest BCUT2D eigenvalue weighted by atomic mass is 9.97. The summed E-state index contributed by atoms with van der Waals surface area (Å²) >= 11 is 0. The maximum absolute atomic E-state index is 12.7. The Labute approximate surface area is 207 Å². The number of hydrogen-bond donors (Lipinski definition) is 1. The number of nitrogens with zero attached hydrogens (tertiary/aromatic N) is 1. The Morgan fingerprint density at radius 3 is 2.17 bits per heavy atom. The fraction of sp³-hybridized carbons (Fsp3) is 0.286. The van der Waals surface area contributed by atoms with Crippen LogP contribution in [0.3, 0.4) is 0 Å². The molecule has 3 aromatic rings. The van der Waals surface area contributed by atoms with Gasteiger partial charge in [-0.3, -0.25) is 14.5 Å². The first-order valence-electron chi connectivity index (χ1n) is 11.8. The summed E-state index contributed by atoms with van der Waals surface area (Å²) in [6, 6.07) is 20.5. The van der Waals surface area contributed by atoms with Gasteiger partial charge in [0.1, 0.15) is 6.29 Å². The molecule has 0 atom stereocenters. The zero-order valence-corrected chi connectivity index (χ0v) is 21.3. The quantitative estimate of drug-likeness (QED) is 0.491. The lowest BCUT2D eigenvalue weighted by molar-refractivity contribution is 0.102. The van der Waals surface area contributed by atoms with Crippen LogP contribution >= 0.6 is 0 Å². The van der Waals surface area contributed by atoms with Crippen LogP contribution in [0.1, 0.15) is 45.7 Å². The predicted molar refractivity (Wildman–Crippen MR) is 142 cm³/mol. The Morgan fingerprint density at radius 1 is 0.943 bits per heavy atom. The fourth-order valence-corrected chi connectivity index (χ4v) is 5.17. The van der Waals surface area contributed by atoms with Gasteiger partial charge in [-0.15, -0.1) is 0 Å². The minimum atomic E-state index is -2.88. The number of nitrogens with one attached hydrogen (secondary N) is 1. The van der Waals surface area contributed by atoms with Gasteiger partial charge in [0, 0.05) is 36.4 Å². The lowest BCUT2D eigenvalue weighted by Crippen LogP contribution is -2.39. The second-order valence-corrected chi connectivity index (χ2v) is 10.7. The lowest BCUT2D eigenvalue weighted by Gasteiger charge is -2.26. The first-order valence-corrected chi connectivity index (χ1v) is 13.6. The summed E-state index contributed by atoms with van der Waals surface area (Å²) < 4.78 is 23.1. The van der Waals surface area contributed by atoms with E-state index in [1.165, 1.54) is 0 Å². The number of amides is 1. The van der Waals surface area contributed by atoms with Crippen LogP contribution in [0.15, 0.2) is 66.7 Å². The average Bonchev–Trinajstić information content (AvgIpc) is 2.88. The third-order valence-corrected chi connectivity index (χ3v) is 7.52. The number of sulfone groups is 1. The van der Waals surface area contributed by atoms with Crippen LogP contribution in [0.2, 0.25) is 0 Å². The van der Waals surface area contributed by atoms with Crippen molar-refractivity contribution in [2.75, 3.05) is 29.9 Å². The number of carbonyl (C=O) groups is 2. The molecule has 0 aromatic heterocycles. The molecule has 1 saturated heterocycles. The second kappa shape index (κ2) is 11.9. The molecule has 0 bridgehead atoms. The highest BCUT2D eigenvalue weighted by molar-refractivity contribution is 7.91. The maximum Gasteiger partial charge on any atom is 0.255 e. The minimum Gasteiger partial charge on any atom is -0.322 e. The Bertz CT molecular complexity index is 1250. The Kier molecular flexibility index (Phi) is 8.95. The summed E-state index contributed by atoms with van der Waals surface area (Å²) in [5, 5.41) is 2.91. The van der Waals surface area contributed by atoms with Crippen LogP contribution < -0.4 is 5.32 Å². The molecular weight excluding hydrogens is 460 g/mol. The van der Waals surface area contributed by atoms with E-state index in [-0.39, 0.29) is 17.4 Å². The van der Waals surface area contributed by atoms with E-state index >= 15 is 0 Å². The molecule has 1 heterocycles. The molecule has 0 radical (unpaired) electrons. The van der Waals surface area contributed by atoms with Crippen LogP contribution in [-0.4, -0.2) is 50.1 Å². The average molecular weight is 493 g/mol. The van der Waals surface area contributed by atoms with E-state index in [9.17, 15) is 18.0 Å². The van der Waals surface area contributed by atoms with Gasteiger partial charge in [0.2, 0.25) is 0 Å². The van der Waals surface area contributed by atoms with Crippen molar-refractivity contribution >= 4 is 27.7 Å². The molecule has 0 unspecified atom stereocenters. The van der Waals surface area contributed by atoms with Gasteiger partial charge < -0.3 is 5.32 Å². The van der Waals surface area contributed by atoms with Crippen molar-refractivity contribution in [3.8, 4) is 11.1 Å². The van der Waals surface area contributed by atoms with E-state index in [0.29, 0.717) is 36.4 Å². The summed E-state index contributed by atoms with van der Waals surface area (Å²) in [7, 11) is -2.88. The van der Waals surface area contributed by atoms with Crippen molar-refractivity contribution in [3.05, 3.63) is 89.0 Å². The summed E-state index contributed by atoms with van der Waals surface area (Å²) in [6.07, 6.45) is 0.826. The Balaban J connectivity index is 0.00000167. The molecule has 3 aromatic carbocycles. The van der Waals surface area contributed by atoms with Gasteiger partial charge in [-0.2, -0.15) is 0 Å². The molecule has 1 amide bonds. The topological polar surface area (TPSA) is 83.6 Å². The van der Waals surface area contributed by atoms with Gasteiger partial charge >= 0.3 is 0 Å². The van der Waals surface area contributed by atoms with Crippen LogP contribution in [0.5, 0.6) is 0 Å². The molecule has 0 spiro atoms. The van der Waals surface area contributed by atoms with Gasteiger partial charge in [-0.05, 0) is 59.5 Å². The molecule has 7 heteroatoms. The van der Waals surface area contributed by atoms with E-state index in [1.54, 1.807) is 18.2 Å². The number of carbonyl (C=O) groups excluding carboxylic acids is 2. The maximum atomic E-state index is 12.7. The third-order valence-electron chi connectivity index (χ3n) is 5.91. The second-order valence-electron chi connectivity index (χ2n) is 8.35. The highest BCUT2D eigenvalue weighted by Gasteiger charge is 2.21. The van der Waals surface area contributed by atoms with Gasteiger partial charge in [0.05, 0.1) is 11.5 Å². The summed E-state index contributed by atoms with van der Waals surface area (Å²) in [5.41, 5.74) is 5.90. The van der Waals surface area contributed by atoms with Crippen molar-refractivity contribution in [2.24, 2.45) is 0 Å². The SMILES string of the molecule is CC.Cc1ccc(C=O)cc1-c1ccc(C(=O)Nc2ccc(CN3CCS(=O)(=O)CC3)cc2)cc1. The van der Waals surface area contributed by atoms with Crippen molar-refractivity contribution in [1.82, 2.24) is 4.90 Å². The molecule has 4 rings (SSSR count). The molecular formula is C28H32N2O4S. The zero-order chi connectivity index (χ0) is 25.4. The molecule has 1 aliphatic rings. The van der Waals surface area contributed by atoms with Gasteiger partial charge in [0.25, 0.3) is 5.91 Å². The van der Waals surface area contributed by atoms with Crippen molar-refractivity contribution in [2.45, 2.75) is 27.3 Å². The Morgan fingerprint density at radius 2 is 1.57 bits per heavy atom. The number of aldehydes is 1. The number of hydrogen-bond acceptors (Lipinski definition) is 5. The standard InChI is InChI=1S/C26H26N2O4S.C2H6/c1-19-2-3-21(18-29)16-25(19)22-6-8-23(9-7-22)26(30)27-24-10-4-20(5-11-24)17-28-12-14-33(31,32)15-13-28;1-2/h2-11,16,18H,12-15,17H2,1H3,(H,27,30);1-2H3. The van der Waals surface area contributed by atoms with Crippen LogP contribution in [-0.2, 0) is 16.4 Å². The largest absolute Gasteiger partial charge is 0.322 e. The molecule has 0 saturated carbocycles. The molecule has 184 valence electrons.